The number of hydrogen-bond donors (Lipinski definition) is 0. The number of para-hydroxylation sites is 1. The van der Waals surface area contributed by atoms with Crippen molar-refractivity contribution in [3.63, 3.8) is 0 Å². The predicted octanol–water partition coefficient (Wildman–Crippen LogP) is 3.09. The zero-order valence-electron chi connectivity index (χ0n) is 16.1. The maximum Gasteiger partial charge on any atom is 0.224 e. The lowest BCUT2D eigenvalue weighted by atomic mass is 10.2. The average molecular weight is 365 g/mol. The van der Waals surface area contributed by atoms with E-state index in [2.05, 4.69) is 17.0 Å². The third kappa shape index (κ3) is 4.88. The average Bonchev–Trinajstić information content (AvgIpc) is 2.68. The number of benzene rings is 2. The Morgan fingerprint density at radius 1 is 0.963 bits per heavy atom. The number of aryl methyl sites for hydroxylation is 1. The lowest BCUT2D eigenvalue weighted by molar-refractivity contribution is -0.131. The lowest BCUT2D eigenvalue weighted by Gasteiger charge is -2.36. The normalized spacial score (nSPS) is 14.1. The van der Waals surface area contributed by atoms with Crippen molar-refractivity contribution in [2.75, 3.05) is 42.5 Å². The standard InChI is InChI=1S/C22H27N3O2/c1-18-7-6-10-21(17-18)25(19(2)26)12-11-22(27)24-15-13-23(14-16-24)20-8-4-3-5-9-20/h3-10,17H,11-16H2,1-2H3. The first-order chi connectivity index (χ1) is 13.0. The smallest absolute Gasteiger partial charge is 0.224 e. The minimum Gasteiger partial charge on any atom is -0.368 e. The molecule has 0 saturated carbocycles. The number of carbonyl (C=O) groups is 2. The van der Waals surface area contributed by atoms with Crippen LogP contribution in [0.1, 0.15) is 18.9 Å². The van der Waals surface area contributed by atoms with Crippen LogP contribution in [0.5, 0.6) is 0 Å². The van der Waals surface area contributed by atoms with E-state index in [1.54, 1.807) is 11.8 Å². The van der Waals surface area contributed by atoms with Crippen LogP contribution in [-0.2, 0) is 9.59 Å². The van der Waals surface area contributed by atoms with Gasteiger partial charge in [-0.15, -0.1) is 0 Å². The van der Waals surface area contributed by atoms with E-state index in [0.717, 1.165) is 37.4 Å². The van der Waals surface area contributed by atoms with Gasteiger partial charge in [-0.2, -0.15) is 0 Å². The summed E-state index contributed by atoms with van der Waals surface area (Å²) in [7, 11) is 0. The Labute approximate surface area is 161 Å². The van der Waals surface area contributed by atoms with E-state index in [0.29, 0.717) is 13.0 Å². The molecule has 1 saturated heterocycles. The first-order valence-electron chi connectivity index (χ1n) is 9.47. The van der Waals surface area contributed by atoms with Gasteiger partial charge in [0.1, 0.15) is 0 Å². The molecule has 5 nitrogen and oxygen atoms in total. The molecule has 0 aliphatic carbocycles. The fraction of sp³-hybridized carbons (Fsp3) is 0.364. The van der Waals surface area contributed by atoms with E-state index in [1.807, 2.05) is 54.3 Å². The molecule has 5 heteroatoms. The first-order valence-corrected chi connectivity index (χ1v) is 9.47. The summed E-state index contributed by atoms with van der Waals surface area (Å²) < 4.78 is 0. The van der Waals surface area contributed by atoms with E-state index < -0.39 is 0 Å². The second-order valence-corrected chi connectivity index (χ2v) is 6.96. The SMILES string of the molecule is CC(=O)N(CCC(=O)N1CCN(c2ccccc2)CC1)c1cccc(C)c1. The van der Waals surface area contributed by atoms with Crippen molar-refractivity contribution < 1.29 is 9.59 Å². The third-order valence-corrected chi connectivity index (χ3v) is 5.00. The largest absolute Gasteiger partial charge is 0.368 e. The van der Waals surface area contributed by atoms with Gasteiger partial charge < -0.3 is 14.7 Å². The molecule has 1 aliphatic rings. The van der Waals surface area contributed by atoms with Crippen LogP contribution in [-0.4, -0.2) is 49.4 Å². The summed E-state index contributed by atoms with van der Waals surface area (Å²) in [5.74, 6) is 0.0731. The highest BCUT2D eigenvalue weighted by Crippen LogP contribution is 2.18. The van der Waals surface area contributed by atoms with E-state index in [9.17, 15) is 9.59 Å². The first kappa shape index (κ1) is 19.0. The summed E-state index contributed by atoms with van der Waals surface area (Å²) >= 11 is 0. The van der Waals surface area contributed by atoms with Crippen molar-refractivity contribution in [1.82, 2.24) is 4.90 Å². The van der Waals surface area contributed by atoms with Crippen molar-refractivity contribution in [1.29, 1.82) is 0 Å². The van der Waals surface area contributed by atoms with Crippen LogP contribution in [0, 0.1) is 6.92 Å². The van der Waals surface area contributed by atoms with Crippen molar-refractivity contribution in [3.05, 3.63) is 60.2 Å². The maximum atomic E-state index is 12.6. The van der Waals surface area contributed by atoms with E-state index in [1.165, 1.54) is 5.69 Å². The van der Waals surface area contributed by atoms with Crippen LogP contribution >= 0.6 is 0 Å². The number of nitrogens with zero attached hydrogens (tertiary/aromatic N) is 3. The monoisotopic (exact) mass is 365 g/mol. The number of amides is 2. The van der Waals surface area contributed by atoms with Gasteiger partial charge in [0, 0.05) is 57.4 Å². The second-order valence-electron chi connectivity index (χ2n) is 6.96. The molecular formula is C22H27N3O2. The van der Waals surface area contributed by atoms with Gasteiger partial charge in [-0.1, -0.05) is 30.3 Å². The molecule has 0 radical (unpaired) electrons. The fourth-order valence-corrected chi connectivity index (χ4v) is 3.48. The molecule has 0 N–H and O–H groups in total. The van der Waals surface area contributed by atoms with Crippen molar-refractivity contribution in [2.45, 2.75) is 20.3 Å². The molecule has 0 bridgehead atoms. The molecule has 1 aliphatic heterocycles. The van der Waals surface area contributed by atoms with Crippen LogP contribution in [0.15, 0.2) is 54.6 Å². The van der Waals surface area contributed by atoms with Crippen LogP contribution in [0.25, 0.3) is 0 Å². The topological polar surface area (TPSA) is 43.9 Å². The molecule has 27 heavy (non-hydrogen) atoms. The maximum absolute atomic E-state index is 12.6. The van der Waals surface area contributed by atoms with Gasteiger partial charge in [-0.25, -0.2) is 0 Å². The van der Waals surface area contributed by atoms with Gasteiger partial charge in [0.15, 0.2) is 0 Å². The number of hydrogen-bond acceptors (Lipinski definition) is 3. The molecule has 2 amide bonds. The molecule has 0 aromatic heterocycles. The number of rotatable bonds is 5. The molecular weight excluding hydrogens is 338 g/mol. The van der Waals surface area contributed by atoms with Crippen molar-refractivity contribution in [3.8, 4) is 0 Å². The fourth-order valence-electron chi connectivity index (χ4n) is 3.48. The van der Waals surface area contributed by atoms with Gasteiger partial charge in [0.05, 0.1) is 0 Å². The molecule has 0 spiro atoms. The summed E-state index contributed by atoms with van der Waals surface area (Å²) in [4.78, 5) is 30.6. The van der Waals surface area contributed by atoms with E-state index in [-0.39, 0.29) is 11.8 Å². The number of piperazine rings is 1. The Morgan fingerprint density at radius 3 is 2.30 bits per heavy atom. The third-order valence-electron chi connectivity index (χ3n) is 5.00. The highest BCUT2D eigenvalue weighted by atomic mass is 16.2. The van der Waals surface area contributed by atoms with Crippen LogP contribution in [0.4, 0.5) is 11.4 Å². The molecule has 1 heterocycles. The van der Waals surface area contributed by atoms with Gasteiger partial charge in [-0.05, 0) is 36.8 Å². The van der Waals surface area contributed by atoms with Crippen molar-refractivity contribution >= 4 is 23.2 Å². The molecule has 2 aromatic carbocycles. The van der Waals surface area contributed by atoms with Crippen molar-refractivity contribution in [2.24, 2.45) is 0 Å². The molecule has 1 fully saturated rings. The van der Waals surface area contributed by atoms with Gasteiger partial charge in [-0.3, -0.25) is 9.59 Å². The van der Waals surface area contributed by atoms with Gasteiger partial charge >= 0.3 is 0 Å². The number of carbonyl (C=O) groups excluding carboxylic acids is 2. The Hall–Kier alpha value is -2.82. The molecule has 142 valence electrons. The second kappa shape index (κ2) is 8.71. The Kier molecular flexibility index (Phi) is 6.12. The zero-order valence-corrected chi connectivity index (χ0v) is 16.1. The Balaban J connectivity index is 1.54. The quantitative estimate of drug-likeness (QED) is 0.818. The summed E-state index contributed by atoms with van der Waals surface area (Å²) in [6, 6.07) is 18.1. The van der Waals surface area contributed by atoms with E-state index in [4.69, 9.17) is 0 Å². The lowest BCUT2D eigenvalue weighted by Crippen LogP contribution is -2.49. The minimum atomic E-state index is -0.0395. The molecule has 0 unspecified atom stereocenters. The van der Waals surface area contributed by atoms with Crippen LogP contribution in [0.3, 0.4) is 0 Å². The Bertz CT molecular complexity index is 783. The summed E-state index contributed by atoms with van der Waals surface area (Å²) in [6.45, 7) is 7.08. The van der Waals surface area contributed by atoms with E-state index >= 15 is 0 Å². The molecule has 0 atom stereocenters. The predicted molar refractivity (Wildman–Crippen MR) is 109 cm³/mol. The summed E-state index contributed by atoms with van der Waals surface area (Å²) in [6.07, 6.45) is 0.346. The van der Waals surface area contributed by atoms with Crippen LogP contribution in [0.2, 0.25) is 0 Å². The summed E-state index contributed by atoms with van der Waals surface area (Å²) in [5, 5.41) is 0. The minimum absolute atomic E-state index is 0.0395. The zero-order chi connectivity index (χ0) is 19.2. The Morgan fingerprint density at radius 2 is 1.67 bits per heavy atom. The molecule has 2 aromatic rings. The van der Waals surface area contributed by atoms with Crippen LogP contribution < -0.4 is 9.80 Å². The number of anilines is 2. The summed E-state index contributed by atoms with van der Waals surface area (Å²) in [5.41, 5.74) is 3.15. The van der Waals surface area contributed by atoms with Gasteiger partial charge in [0.2, 0.25) is 11.8 Å². The van der Waals surface area contributed by atoms with Gasteiger partial charge in [0.25, 0.3) is 0 Å². The molecule has 3 rings (SSSR count). The highest BCUT2D eigenvalue weighted by molar-refractivity contribution is 5.92. The highest BCUT2D eigenvalue weighted by Gasteiger charge is 2.22.